The maximum atomic E-state index is 5.50. The fraction of sp³-hybridized carbons (Fsp3) is 0.750. The molecule has 0 aliphatic rings. The lowest BCUT2D eigenvalue weighted by atomic mass is 10.2. The van der Waals surface area contributed by atoms with Gasteiger partial charge in [0.1, 0.15) is 0 Å². The van der Waals surface area contributed by atoms with E-state index in [-0.39, 0.29) is 0 Å². The average molecular weight is 168 g/mol. The Morgan fingerprint density at radius 1 is 1.50 bits per heavy atom. The van der Waals surface area contributed by atoms with Crippen LogP contribution in [0, 0.1) is 0 Å². The van der Waals surface area contributed by atoms with E-state index in [1.165, 1.54) is 12.8 Å². The highest BCUT2D eigenvalue weighted by molar-refractivity contribution is 4.91. The molecule has 12 heavy (non-hydrogen) atoms. The van der Waals surface area contributed by atoms with E-state index in [0.717, 1.165) is 18.7 Å². The molecule has 0 amide bonds. The summed E-state index contributed by atoms with van der Waals surface area (Å²) in [7, 11) is 0. The molecule has 0 fully saturated rings. The third-order valence-corrected chi connectivity index (χ3v) is 1.88. The van der Waals surface area contributed by atoms with Gasteiger partial charge in [0.05, 0.1) is 11.9 Å². The number of unbranched alkanes of at least 4 members (excludes halogenated alkanes) is 2. The van der Waals surface area contributed by atoms with Gasteiger partial charge in [-0.05, 0) is 6.42 Å². The predicted octanol–water partition coefficient (Wildman–Crippen LogP) is 0.927. The third kappa shape index (κ3) is 2.30. The van der Waals surface area contributed by atoms with Gasteiger partial charge in [-0.25, -0.2) is 4.68 Å². The topological polar surface area (TPSA) is 56.7 Å². The van der Waals surface area contributed by atoms with E-state index in [9.17, 15) is 0 Å². The van der Waals surface area contributed by atoms with Crippen LogP contribution in [-0.4, -0.2) is 15.0 Å². The van der Waals surface area contributed by atoms with Gasteiger partial charge in [0.15, 0.2) is 0 Å². The van der Waals surface area contributed by atoms with Crippen molar-refractivity contribution in [3.05, 3.63) is 11.9 Å². The van der Waals surface area contributed by atoms with Gasteiger partial charge in [0.2, 0.25) is 0 Å². The van der Waals surface area contributed by atoms with Crippen molar-refractivity contribution < 1.29 is 0 Å². The van der Waals surface area contributed by atoms with E-state index in [1.807, 2.05) is 4.68 Å². The highest BCUT2D eigenvalue weighted by atomic mass is 15.4. The molecule has 0 atom stereocenters. The maximum absolute atomic E-state index is 5.50. The standard InChI is InChI=1S/C8H16N4/c1-2-3-4-5-12-8(6-9)7-10-11-12/h7H,2-6,9H2,1H3. The minimum absolute atomic E-state index is 0.527. The third-order valence-electron chi connectivity index (χ3n) is 1.88. The summed E-state index contributed by atoms with van der Waals surface area (Å²) in [6.45, 7) is 3.66. The second-order valence-corrected chi connectivity index (χ2v) is 2.86. The molecule has 0 saturated carbocycles. The zero-order valence-corrected chi connectivity index (χ0v) is 7.53. The monoisotopic (exact) mass is 168 g/mol. The normalized spacial score (nSPS) is 10.5. The number of hydrogen-bond acceptors (Lipinski definition) is 3. The number of aryl methyl sites for hydroxylation is 1. The summed E-state index contributed by atoms with van der Waals surface area (Å²) in [5, 5.41) is 7.75. The molecule has 0 aliphatic heterocycles. The largest absolute Gasteiger partial charge is 0.325 e. The highest BCUT2D eigenvalue weighted by Crippen LogP contribution is 2.00. The fourth-order valence-electron chi connectivity index (χ4n) is 1.14. The van der Waals surface area contributed by atoms with Crippen LogP contribution >= 0.6 is 0 Å². The van der Waals surface area contributed by atoms with Crippen LogP contribution in [-0.2, 0) is 13.1 Å². The molecule has 1 heterocycles. The minimum atomic E-state index is 0.527. The quantitative estimate of drug-likeness (QED) is 0.665. The molecular formula is C8H16N4. The van der Waals surface area contributed by atoms with Gasteiger partial charge in [-0.1, -0.05) is 25.0 Å². The number of rotatable bonds is 5. The van der Waals surface area contributed by atoms with Crippen molar-refractivity contribution in [3.63, 3.8) is 0 Å². The van der Waals surface area contributed by atoms with E-state index in [2.05, 4.69) is 17.2 Å². The number of nitrogens with zero attached hydrogens (tertiary/aromatic N) is 3. The van der Waals surface area contributed by atoms with Crippen LogP contribution in [0.5, 0.6) is 0 Å². The highest BCUT2D eigenvalue weighted by Gasteiger charge is 1.99. The summed E-state index contributed by atoms with van der Waals surface area (Å²) in [6, 6.07) is 0. The molecule has 0 unspecified atom stereocenters. The molecule has 1 aromatic heterocycles. The van der Waals surface area contributed by atoms with Gasteiger partial charge >= 0.3 is 0 Å². The zero-order chi connectivity index (χ0) is 8.81. The SMILES string of the molecule is CCCCCn1nncc1CN. The van der Waals surface area contributed by atoms with Gasteiger partial charge in [-0.15, -0.1) is 5.10 Å². The molecule has 0 saturated heterocycles. The molecule has 1 aromatic rings. The Labute approximate surface area is 72.8 Å². The van der Waals surface area contributed by atoms with Crippen LogP contribution < -0.4 is 5.73 Å². The van der Waals surface area contributed by atoms with Crippen LogP contribution in [0.1, 0.15) is 31.9 Å². The molecule has 4 heteroatoms. The van der Waals surface area contributed by atoms with Crippen molar-refractivity contribution in [2.45, 2.75) is 39.3 Å². The first-order chi connectivity index (χ1) is 5.88. The summed E-state index contributed by atoms with van der Waals surface area (Å²) in [4.78, 5) is 0. The van der Waals surface area contributed by atoms with Crippen LogP contribution in [0.15, 0.2) is 6.20 Å². The Kier molecular flexibility index (Phi) is 3.73. The lowest BCUT2D eigenvalue weighted by molar-refractivity contribution is 0.520. The lowest BCUT2D eigenvalue weighted by Crippen LogP contribution is -2.08. The molecular weight excluding hydrogens is 152 g/mol. The van der Waals surface area contributed by atoms with Crippen molar-refractivity contribution in [1.82, 2.24) is 15.0 Å². The number of nitrogens with two attached hydrogens (primary N) is 1. The van der Waals surface area contributed by atoms with Crippen LogP contribution in [0.2, 0.25) is 0 Å². The summed E-state index contributed by atoms with van der Waals surface area (Å²) in [5.74, 6) is 0. The van der Waals surface area contributed by atoms with E-state index < -0.39 is 0 Å². The van der Waals surface area contributed by atoms with Crippen molar-refractivity contribution in [2.75, 3.05) is 0 Å². The summed E-state index contributed by atoms with van der Waals surface area (Å²) < 4.78 is 1.88. The average Bonchev–Trinajstić information content (AvgIpc) is 2.52. The van der Waals surface area contributed by atoms with Gasteiger partial charge < -0.3 is 5.73 Å². The van der Waals surface area contributed by atoms with Gasteiger partial charge in [0.25, 0.3) is 0 Å². The van der Waals surface area contributed by atoms with Crippen LogP contribution in [0.3, 0.4) is 0 Å². The first-order valence-corrected chi connectivity index (χ1v) is 4.46. The van der Waals surface area contributed by atoms with Crippen molar-refractivity contribution >= 4 is 0 Å². The second kappa shape index (κ2) is 4.87. The first-order valence-electron chi connectivity index (χ1n) is 4.46. The van der Waals surface area contributed by atoms with Gasteiger partial charge in [-0.2, -0.15) is 0 Å². The van der Waals surface area contributed by atoms with Crippen molar-refractivity contribution in [1.29, 1.82) is 0 Å². The molecule has 2 N–H and O–H groups in total. The van der Waals surface area contributed by atoms with Gasteiger partial charge in [0, 0.05) is 13.1 Å². The molecule has 0 aliphatic carbocycles. The van der Waals surface area contributed by atoms with E-state index in [1.54, 1.807) is 6.20 Å². The van der Waals surface area contributed by atoms with Gasteiger partial charge in [-0.3, -0.25) is 0 Å². The smallest absolute Gasteiger partial charge is 0.0738 e. The number of aromatic nitrogens is 3. The van der Waals surface area contributed by atoms with E-state index >= 15 is 0 Å². The Bertz CT molecular complexity index is 219. The predicted molar refractivity (Wildman–Crippen MR) is 47.4 cm³/mol. The Morgan fingerprint density at radius 3 is 3.00 bits per heavy atom. The van der Waals surface area contributed by atoms with Crippen LogP contribution in [0.25, 0.3) is 0 Å². The van der Waals surface area contributed by atoms with E-state index in [0.29, 0.717) is 6.54 Å². The molecule has 0 bridgehead atoms. The van der Waals surface area contributed by atoms with E-state index in [4.69, 9.17) is 5.73 Å². The molecule has 4 nitrogen and oxygen atoms in total. The summed E-state index contributed by atoms with van der Waals surface area (Å²) >= 11 is 0. The lowest BCUT2D eigenvalue weighted by Gasteiger charge is -2.02. The zero-order valence-electron chi connectivity index (χ0n) is 7.53. The fourth-order valence-corrected chi connectivity index (χ4v) is 1.14. The summed E-state index contributed by atoms with van der Waals surface area (Å²) in [6.07, 6.45) is 5.36. The Balaban J connectivity index is 2.39. The molecule has 0 spiro atoms. The molecule has 68 valence electrons. The van der Waals surface area contributed by atoms with Crippen LogP contribution in [0.4, 0.5) is 0 Å². The first kappa shape index (κ1) is 9.19. The molecule has 0 aromatic carbocycles. The molecule has 1 rings (SSSR count). The minimum Gasteiger partial charge on any atom is -0.325 e. The Hall–Kier alpha value is -0.900. The summed E-state index contributed by atoms with van der Waals surface area (Å²) in [5.41, 5.74) is 6.52. The van der Waals surface area contributed by atoms with Crippen molar-refractivity contribution in [3.8, 4) is 0 Å². The van der Waals surface area contributed by atoms with Crippen molar-refractivity contribution in [2.24, 2.45) is 5.73 Å². The second-order valence-electron chi connectivity index (χ2n) is 2.86. The maximum Gasteiger partial charge on any atom is 0.0738 e. The molecule has 0 radical (unpaired) electrons. The number of hydrogen-bond donors (Lipinski definition) is 1. The Morgan fingerprint density at radius 2 is 2.33 bits per heavy atom.